The minimum Gasteiger partial charge on any atom is -0.489 e. The fourth-order valence-corrected chi connectivity index (χ4v) is 2.73. The van der Waals surface area contributed by atoms with Crippen molar-refractivity contribution in [2.75, 3.05) is 7.05 Å². The Labute approximate surface area is 197 Å². The molecule has 0 unspecified atom stereocenters. The van der Waals surface area contributed by atoms with E-state index in [0.29, 0.717) is 12.4 Å². The zero-order valence-electron chi connectivity index (χ0n) is 20.2. The molecule has 32 heavy (non-hydrogen) atoms. The lowest BCUT2D eigenvalue weighted by Crippen LogP contribution is -2.35. The molecule has 2 aromatic rings. The quantitative estimate of drug-likeness (QED) is 0.388. The van der Waals surface area contributed by atoms with Gasteiger partial charge in [-0.15, -0.1) is 0 Å². The lowest BCUT2D eigenvalue weighted by atomic mass is 10.1. The number of carbonyl (C=O) groups excluding carboxylic acids is 1. The minimum atomic E-state index is -0.492. The molecule has 0 heterocycles. The highest BCUT2D eigenvalue weighted by molar-refractivity contribution is 6.30. The van der Waals surface area contributed by atoms with E-state index in [0.717, 1.165) is 28.3 Å². The molecule has 2 aromatic carbocycles. The van der Waals surface area contributed by atoms with E-state index in [1.165, 1.54) is 5.56 Å². The van der Waals surface area contributed by atoms with Gasteiger partial charge in [-0.1, -0.05) is 54.4 Å². The van der Waals surface area contributed by atoms with Gasteiger partial charge < -0.3 is 9.47 Å². The van der Waals surface area contributed by atoms with Gasteiger partial charge in [-0.25, -0.2) is 4.79 Å². The molecule has 5 nitrogen and oxygen atoms in total. The molecule has 0 aliphatic rings. The molecule has 0 fully saturated rings. The largest absolute Gasteiger partial charge is 0.489 e. The molecule has 1 amide bonds. The summed E-state index contributed by atoms with van der Waals surface area (Å²) in [5.41, 5.74) is 2.89. The number of amides is 1. The van der Waals surface area contributed by atoms with Crippen molar-refractivity contribution in [1.82, 2.24) is 5.32 Å². The number of allylic oxidation sites excluding steroid dienone is 1. The van der Waals surface area contributed by atoms with E-state index in [4.69, 9.17) is 21.1 Å². The maximum Gasteiger partial charge on any atom is 0.413 e. The van der Waals surface area contributed by atoms with Crippen molar-refractivity contribution in [1.29, 1.82) is 0 Å². The first-order valence-corrected chi connectivity index (χ1v) is 11.0. The summed E-state index contributed by atoms with van der Waals surface area (Å²) in [6, 6.07) is 15.9. The second-order valence-corrected chi connectivity index (χ2v) is 8.77. The van der Waals surface area contributed by atoms with Crippen LogP contribution in [0.25, 0.3) is 0 Å². The third-order valence-corrected chi connectivity index (χ3v) is 4.17. The molecular weight excluding hydrogens is 424 g/mol. The number of nitrogens with zero attached hydrogens (tertiary/aromatic N) is 1. The summed E-state index contributed by atoms with van der Waals surface area (Å²) < 4.78 is 10.9. The molecule has 0 bridgehead atoms. The number of aliphatic imine (C=N–C) groups is 1. The zero-order valence-corrected chi connectivity index (χ0v) is 20.9. The molecule has 0 atom stereocenters. The van der Waals surface area contributed by atoms with E-state index >= 15 is 0 Å². The van der Waals surface area contributed by atoms with Crippen LogP contribution in [0.5, 0.6) is 5.75 Å². The van der Waals surface area contributed by atoms with E-state index in [1.807, 2.05) is 71.0 Å². The number of carbonyl (C=O) groups is 1. The average molecular weight is 459 g/mol. The van der Waals surface area contributed by atoms with Crippen LogP contribution in [0.1, 0.15) is 52.7 Å². The van der Waals surface area contributed by atoms with E-state index in [2.05, 4.69) is 29.4 Å². The molecule has 0 aliphatic heterocycles. The SMILES string of the molecule is CCc1cc(Cl)ccc1OCc1ccccc1.CN=C(C=C(C)C)NC(=O)OC(C)(C)C. The van der Waals surface area contributed by atoms with Crippen molar-refractivity contribution in [2.45, 2.75) is 60.2 Å². The van der Waals surface area contributed by atoms with Gasteiger partial charge in [-0.2, -0.15) is 0 Å². The fraction of sp³-hybridized carbons (Fsp3) is 0.385. The van der Waals surface area contributed by atoms with Crippen LogP contribution in [0.15, 0.2) is 65.2 Å². The number of hydrogen-bond acceptors (Lipinski definition) is 4. The van der Waals surface area contributed by atoms with Gasteiger partial charge in [0.1, 0.15) is 23.8 Å². The first-order valence-electron chi connectivity index (χ1n) is 10.6. The third kappa shape index (κ3) is 11.6. The molecule has 0 saturated heterocycles. The molecule has 2 rings (SSSR count). The monoisotopic (exact) mass is 458 g/mol. The van der Waals surface area contributed by atoms with Gasteiger partial charge in [-0.05, 0) is 76.4 Å². The summed E-state index contributed by atoms with van der Waals surface area (Å²) in [7, 11) is 1.62. The third-order valence-electron chi connectivity index (χ3n) is 3.94. The maximum absolute atomic E-state index is 11.4. The highest BCUT2D eigenvalue weighted by Gasteiger charge is 2.16. The smallest absolute Gasteiger partial charge is 0.413 e. The Morgan fingerprint density at radius 1 is 1.12 bits per heavy atom. The Balaban J connectivity index is 0.000000324. The number of benzene rings is 2. The maximum atomic E-state index is 11.4. The van der Waals surface area contributed by atoms with Gasteiger partial charge in [0.2, 0.25) is 0 Å². The van der Waals surface area contributed by atoms with Gasteiger partial charge in [0.15, 0.2) is 0 Å². The standard InChI is InChI=1S/C15H15ClO.C11H20N2O2/c1-2-13-10-14(16)8-9-15(13)17-11-12-6-4-3-5-7-12;1-8(2)7-9(12-6)13-10(14)15-11(3,4)5/h3-10H,2,11H2,1H3;7H,1-6H3,(H,12,13,14). The Morgan fingerprint density at radius 3 is 2.31 bits per heavy atom. The molecule has 0 radical (unpaired) electrons. The predicted octanol–water partition coefficient (Wildman–Crippen LogP) is 6.99. The number of amidine groups is 1. The van der Waals surface area contributed by atoms with E-state index in [1.54, 1.807) is 13.1 Å². The normalized spacial score (nSPS) is 11.1. The Morgan fingerprint density at radius 2 is 1.78 bits per heavy atom. The number of halogens is 1. The predicted molar refractivity (Wildman–Crippen MR) is 134 cm³/mol. The number of alkyl carbamates (subject to hydrolysis) is 1. The molecule has 174 valence electrons. The number of nitrogens with one attached hydrogen (secondary N) is 1. The molecule has 6 heteroatoms. The highest BCUT2D eigenvalue weighted by Crippen LogP contribution is 2.24. The van der Waals surface area contributed by atoms with Crippen molar-refractivity contribution < 1.29 is 14.3 Å². The average Bonchev–Trinajstić information content (AvgIpc) is 2.71. The fourth-order valence-electron chi connectivity index (χ4n) is 2.54. The van der Waals surface area contributed by atoms with Crippen LogP contribution in [-0.2, 0) is 17.8 Å². The Bertz CT molecular complexity index is 912. The molecule has 0 saturated carbocycles. The van der Waals surface area contributed by atoms with Crippen LogP contribution >= 0.6 is 11.6 Å². The van der Waals surface area contributed by atoms with Gasteiger partial charge >= 0.3 is 6.09 Å². The molecule has 0 spiro atoms. The second kappa shape index (κ2) is 13.6. The molecule has 1 N–H and O–H groups in total. The van der Waals surface area contributed by atoms with Crippen LogP contribution in [0.3, 0.4) is 0 Å². The number of aryl methyl sites for hydroxylation is 1. The number of rotatable bonds is 5. The summed E-state index contributed by atoms with van der Waals surface area (Å²) >= 11 is 5.96. The van der Waals surface area contributed by atoms with Gasteiger partial charge in [0, 0.05) is 12.1 Å². The van der Waals surface area contributed by atoms with E-state index in [-0.39, 0.29) is 0 Å². The van der Waals surface area contributed by atoms with Gasteiger partial charge in [-0.3, -0.25) is 10.3 Å². The first-order chi connectivity index (χ1) is 15.0. The number of ether oxygens (including phenoxy) is 2. The summed E-state index contributed by atoms with van der Waals surface area (Å²) in [5, 5.41) is 3.33. The zero-order chi connectivity index (χ0) is 24.1. The van der Waals surface area contributed by atoms with Crippen LogP contribution in [0, 0.1) is 0 Å². The molecule has 0 aromatic heterocycles. The van der Waals surface area contributed by atoms with E-state index < -0.39 is 11.7 Å². The lowest BCUT2D eigenvalue weighted by molar-refractivity contribution is 0.0563. The second-order valence-electron chi connectivity index (χ2n) is 8.34. The van der Waals surface area contributed by atoms with Crippen molar-refractivity contribution in [3.63, 3.8) is 0 Å². The highest BCUT2D eigenvalue weighted by atomic mass is 35.5. The lowest BCUT2D eigenvalue weighted by Gasteiger charge is -2.19. The van der Waals surface area contributed by atoms with Crippen LogP contribution < -0.4 is 10.1 Å². The van der Waals surface area contributed by atoms with Gasteiger partial charge in [0.25, 0.3) is 0 Å². The first kappa shape index (κ1) is 27.2. The van der Waals surface area contributed by atoms with E-state index in [9.17, 15) is 4.79 Å². The van der Waals surface area contributed by atoms with Crippen molar-refractivity contribution in [2.24, 2.45) is 4.99 Å². The van der Waals surface area contributed by atoms with Crippen LogP contribution in [-0.4, -0.2) is 24.6 Å². The van der Waals surface area contributed by atoms with Crippen LogP contribution in [0.4, 0.5) is 4.79 Å². The van der Waals surface area contributed by atoms with Crippen molar-refractivity contribution in [3.8, 4) is 5.75 Å². The summed E-state index contributed by atoms with van der Waals surface area (Å²) in [6.45, 7) is 12.0. The summed E-state index contributed by atoms with van der Waals surface area (Å²) in [5.74, 6) is 1.42. The Hall–Kier alpha value is -2.79. The molecular formula is C26H35ClN2O3. The number of hydrogen-bond donors (Lipinski definition) is 1. The van der Waals surface area contributed by atoms with Gasteiger partial charge in [0.05, 0.1) is 0 Å². The Kier molecular flexibility index (Phi) is 11.6. The summed E-state index contributed by atoms with van der Waals surface area (Å²) in [4.78, 5) is 15.3. The topological polar surface area (TPSA) is 59.9 Å². The van der Waals surface area contributed by atoms with Crippen LogP contribution in [0.2, 0.25) is 5.02 Å². The van der Waals surface area contributed by atoms with Crippen molar-refractivity contribution >= 4 is 23.5 Å². The minimum absolute atomic E-state index is 0.486. The van der Waals surface area contributed by atoms with Crippen molar-refractivity contribution in [3.05, 3.63) is 76.3 Å². The summed E-state index contributed by atoms with van der Waals surface area (Å²) in [6.07, 6.45) is 2.22. The molecule has 0 aliphatic carbocycles.